The highest BCUT2D eigenvalue weighted by molar-refractivity contribution is 5.79. The lowest BCUT2D eigenvalue weighted by Gasteiger charge is -2.40. The highest BCUT2D eigenvalue weighted by Crippen LogP contribution is 2.65. The number of hydrogen-bond acceptors (Lipinski definition) is 2. The first-order valence-electron chi connectivity index (χ1n) is 7.96. The zero-order valence-corrected chi connectivity index (χ0v) is 12.6. The topological polar surface area (TPSA) is 41.1 Å². The van der Waals surface area contributed by atoms with Crippen molar-refractivity contribution in [3.63, 3.8) is 0 Å². The molecule has 0 aromatic carbocycles. The number of carbonyl (C=O) groups is 1. The Balaban J connectivity index is 1.66. The van der Waals surface area contributed by atoms with Crippen LogP contribution in [0.4, 0.5) is 0 Å². The van der Waals surface area contributed by atoms with E-state index in [0.29, 0.717) is 22.8 Å². The fourth-order valence-electron chi connectivity index (χ4n) is 4.79. The molecule has 2 saturated carbocycles. The van der Waals surface area contributed by atoms with Gasteiger partial charge in [-0.05, 0) is 55.4 Å². The summed E-state index contributed by atoms with van der Waals surface area (Å²) in [6, 6.07) is 0.399. The number of nitrogens with one attached hydrogen (secondary N) is 2. The van der Waals surface area contributed by atoms with Crippen LogP contribution < -0.4 is 10.6 Å². The summed E-state index contributed by atoms with van der Waals surface area (Å²) in [5.41, 5.74) is 0.686. The Kier molecular flexibility index (Phi) is 3.16. The second-order valence-corrected chi connectivity index (χ2v) is 7.71. The van der Waals surface area contributed by atoms with Gasteiger partial charge in [-0.2, -0.15) is 0 Å². The van der Waals surface area contributed by atoms with Crippen LogP contribution in [0.1, 0.15) is 52.9 Å². The second-order valence-electron chi connectivity index (χ2n) is 7.71. The fourth-order valence-corrected chi connectivity index (χ4v) is 4.79. The smallest absolute Gasteiger partial charge is 0.224 e. The summed E-state index contributed by atoms with van der Waals surface area (Å²) < 4.78 is 0. The number of carbonyl (C=O) groups excluding carboxylic acids is 1. The van der Waals surface area contributed by atoms with E-state index in [0.717, 1.165) is 31.8 Å². The zero-order valence-electron chi connectivity index (χ0n) is 12.6. The lowest BCUT2D eigenvalue weighted by Crippen LogP contribution is -2.50. The van der Waals surface area contributed by atoms with E-state index >= 15 is 0 Å². The minimum Gasteiger partial charge on any atom is -0.353 e. The summed E-state index contributed by atoms with van der Waals surface area (Å²) in [6.07, 6.45) is 6.00. The van der Waals surface area contributed by atoms with E-state index in [1.165, 1.54) is 19.3 Å². The first-order valence-corrected chi connectivity index (χ1v) is 7.96. The predicted octanol–water partition coefficient (Wildman–Crippen LogP) is 2.32. The third-order valence-electron chi connectivity index (χ3n) is 6.78. The van der Waals surface area contributed by atoms with Crippen molar-refractivity contribution in [2.24, 2.45) is 22.7 Å². The molecule has 3 unspecified atom stereocenters. The lowest BCUT2D eigenvalue weighted by molar-refractivity contribution is -0.127. The van der Waals surface area contributed by atoms with Gasteiger partial charge in [-0.25, -0.2) is 0 Å². The molecule has 3 aliphatic rings. The van der Waals surface area contributed by atoms with Gasteiger partial charge in [0.25, 0.3) is 0 Å². The normalized spacial score (nSPS) is 44.3. The first kappa shape index (κ1) is 13.4. The van der Waals surface area contributed by atoms with Crippen molar-refractivity contribution in [3.05, 3.63) is 0 Å². The summed E-state index contributed by atoms with van der Waals surface area (Å²) in [5, 5.41) is 6.74. The van der Waals surface area contributed by atoms with Crippen molar-refractivity contribution in [1.29, 1.82) is 0 Å². The number of amides is 1. The lowest BCUT2D eigenvalue weighted by atomic mass is 9.69. The van der Waals surface area contributed by atoms with Crippen molar-refractivity contribution >= 4 is 5.91 Å². The van der Waals surface area contributed by atoms with Gasteiger partial charge in [0.15, 0.2) is 0 Å². The van der Waals surface area contributed by atoms with Gasteiger partial charge in [-0.15, -0.1) is 0 Å². The molecule has 2 bridgehead atoms. The number of fused-ring (bicyclic) bond motifs is 2. The van der Waals surface area contributed by atoms with Gasteiger partial charge in [-0.3, -0.25) is 4.79 Å². The highest BCUT2D eigenvalue weighted by Gasteiger charge is 2.61. The van der Waals surface area contributed by atoms with Crippen LogP contribution in [0.3, 0.4) is 0 Å². The molecule has 1 aliphatic heterocycles. The maximum Gasteiger partial charge on any atom is 0.224 e. The molecule has 0 radical (unpaired) electrons. The van der Waals surface area contributed by atoms with Crippen LogP contribution in [-0.2, 0) is 4.79 Å². The van der Waals surface area contributed by atoms with Gasteiger partial charge in [-0.1, -0.05) is 20.8 Å². The summed E-state index contributed by atoms with van der Waals surface area (Å²) in [4.78, 5) is 12.4. The van der Waals surface area contributed by atoms with Gasteiger partial charge in [0.1, 0.15) is 0 Å². The largest absolute Gasteiger partial charge is 0.353 e. The van der Waals surface area contributed by atoms with E-state index in [2.05, 4.69) is 31.4 Å². The van der Waals surface area contributed by atoms with Crippen molar-refractivity contribution in [3.8, 4) is 0 Å². The molecule has 0 spiro atoms. The molecule has 19 heavy (non-hydrogen) atoms. The molecule has 3 fully saturated rings. The summed E-state index contributed by atoms with van der Waals surface area (Å²) >= 11 is 0. The van der Waals surface area contributed by atoms with Crippen molar-refractivity contribution in [2.75, 3.05) is 13.1 Å². The van der Waals surface area contributed by atoms with E-state index in [4.69, 9.17) is 0 Å². The summed E-state index contributed by atoms with van der Waals surface area (Å²) in [5.74, 6) is 1.29. The van der Waals surface area contributed by atoms with Crippen LogP contribution in [0.5, 0.6) is 0 Å². The second kappa shape index (κ2) is 4.47. The van der Waals surface area contributed by atoms with Crippen LogP contribution in [-0.4, -0.2) is 25.0 Å². The van der Waals surface area contributed by atoms with Gasteiger partial charge in [0.2, 0.25) is 5.91 Å². The van der Waals surface area contributed by atoms with Crippen LogP contribution in [0.2, 0.25) is 0 Å². The molecule has 2 N–H and O–H groups in total. The highest BCUT2D eigenvalue weighted by atomic mass is 16.2. The number of rotatable bonds is 2. The summed E-state index contributed by atoms with van der Waals surface area (Å²) in [6.45, 7) is 9.13. The molecule has 3 rings (SSSR count). The van der Waals surface area contributed by atoms with Crippen LogP contribution in [0, 0.1) is 22.7 Å². The van der Waals surface area contributed by atoms with Crippen LogP contribution >= 0.6 is 0 Å². The summed E-state index contributed by atoms with van der Waals surface area (Å²) in [7, 11) is 0. The molecule has 108 valence electrons. The molecule has 3 heteroatoms. The standard InChI is InChI=1S/C16H28N2O/c1-15(2)12-6-7-16(15,3)13(9-12)18-14(19)11-5-4-8-17-10-11/h11-13,17H,4-10H2,1-3H3,(H,18,19)/t11-,12?,13?,16?/m0/s1. The van der Waals surface area contributed by atoms with Crippen molar-refractivity contribution in [1.82, 2.24) is 10.6 Å². The van der Waals surface area contributed by atoms with Crippen LogP contribution in [0.25, 0.3) is 0 Å². The Morgan fingerprint density at radius 3 is 2.58 bits per heavy atom. The SMILES string of the molecule is CC1(C)C2CCC1(C)C(NC(=O)[C@H]1CCCNC1)C2. The maximum absolute atomic E-state index is 12.4. The number of piperidine rings is 1. The minimum atomic E-state index is 0.194. The van der Waals surface area contributed by atoms with E-state index in [1.807, 2.05) is 0 Å². The van der Waals surface area contributed by atoms with E-state index in [1.54, 1.807) is 0 Å². The molecule has 3 nitrogen and oxygen atoms in total. The molecule has 1 amide bonds. The Hall–Kier alpha value is -0.570. The van der Waals surface area contributed by atoms with Crippen molar-refractivity contribution < 1.29 is 4.79 Å². The average Bonchev–Trinajstić information content (AvgIpc) is 2.73. The van der Waals surface area contributed by atoms with E-state index in [-0.39, 0.29) is 5.92 Å². The molecule has 1 saturated heterocycles. The maximum atomic E-state index is 12.4. The Labute approximate surface area is 116 Å². The molecular formula is C16H28N2O. The molecule has 0 aromatic rings. The quantitative estimate of drug-likeness (QED) is 0.803. The minimum absolute atomic E-state index is 0.194. The monoisotopic (exact) mass is 264 g/mol. The molecule has 4 atom stereocenters. The Morgan fingerprint density at radius 1 is 1.26 bits per heavy atom. The van der Waals surface area contributed by atoms with Crippen molar-refractivity contribution in [2.45, 2.75) is 58.9 Å². The van der Waals surface area contributed by atoms with Crippen LogP contribution in [0.15, 0.2) is 0 Å². The van der Waals surface area contributed by atoms with Gasteiger partial charge in [0, 0.05) is 12.6 Å². The fraction of sp³-hybridized carbons (Fsp3) is 0.938. The molecular weight excluding hydrogens is 236 g/mol. The van der Waals surface area contributed by atoms with E-state index in [9.17, 15) is 4.79 Å². The Morgan fingerprint density at radius 2 is 2.05 bits per heavy atom. The Bertz CT molecular complexity index is 373. The third-order valence-corrected chi connectivity index (χ3v) is 6.78. The van der Waals surface area contributed by atoms with Gasteiger partial charge >= 0.3 is 0 Å². The number of hydrogen-bond donors (Lipinski definition) is 2. The average molecular weight is 264 g/mol. The molecule has 0 aromatic heterocycles. The van der Waals surface area contributed by atoms with E-state index < -0.39 is 0 Å². The van der Waals surface area contributed by atoms with Gasteiger partial charge in [0.05, 0.1) is 5.92 Å². The first-order chi connectivity index (χ1) is 8.95. The zero-order chi connectivity index (χ0) is 13.7. The third kappa shape index (κ3) is 1.93. The molecule has 1 heterocycles. The molecule has 2 aliphatic carbocycles. The van der Waals surface area contributed by atoms with Gasteiger partial charge < -0.3 is 10.6 Å². The predicted molar refractivity (Wildman–Crippen MR) is 76.8 cm³/mol.